The van der Waals surface area contributed by atoms with Crippen molar-refractivity contribution in [2.24, 2.45) is 0 Å². The van der Waals surface area contributed by atoms with Crippen molar-refractivity contribution in [1.82, 2.24) is 10.2 Å². The third-order valence-corrected chi connectivity index (χ3v) is 5.30. The summed E-state index contributed by atoms with van der Waals surface area (Å²) in [4.78, 5) is 0. The van der Waals surface area contributed by atoms with Crippen molar-refractivity contribution in [3.05, 3.63) is 78.2 Å². The molecule has 0 radical (unpaired) electrons. The molecule has 0 saturated carbocycles. The number of benzene rings is 3. The fraction of sp³-hybridized carbons (Fsp3) is 0.154. The highest BCUT2D eigenvalue weighted by atomic mass is 19.1. The van der Waals surface area contributed by atoms with Crippen molar-refractivity contribution in [2.45, 2.75) is 6.92 Å². The lowest BCUT2D eigenvalue weighted by molar-refractivity contribution is 0.394. The Labute approximate surface area is 186 Å². The smallest absolute Gasteiger partial charge is 0.132 e. The summed E-state index contributed by atoms with van der Waals surface area (Å²) < 4.78 is 31.1. The van der Waals surface area contributed by atoms with Gasteiger partial charge in [0.25, 0.3) is 0 Å². The maximum atomic E-state index is 14.9. The summed E-state index contributed by atoms with van der Waals surface area (Å²) in [6.07, 6.45) is 0. The highest BCUT2D eigenvalue weighted by Gasteiger charge is 2.22. The lowest BCUT2D eigenvalue weighted by Gasteiger charge is -2.18. The van der Waals surface area contributed by atoms with E-state index in [-0.39, 0.29) is 5.82 Å². The minimum atomic E-state index is -0.373. The molecule has 6 heteroatoms. The second-order valence-electron chi connectivity index (χ2n) is 7.19. The van der Waals surface area contributed by atoms with Crippen molar-refractivity contribution in [3.8, 4) is 50.8 Å². The van der Waals surface area contributed by atoms with Gasteiger partial charge in [-0.15, -0.1) is 5.10 Å². The maximum absolute atomic E-state index is 14.9. The molecule has 0 fully saturated rings. The molecule has 0 saturated heterocycles. The van der Waals surface area contributed by atoms with Gasteiger partial charge in [-0.2, -0.15) is 5.10 Å². The first kappa shape index (κ1) is 21.3. The SMILES string of the molecule is COc1ccc(-c2c(C)nnc(-c3ccccc3F)c2-c2cc(OC)cc(OC)c2)cc1. The standard InChI is InChI=1S/C26H23FN2O3/c1-16-24(17-9-11-19(30-2)12-10-17)25(18-13-20(31-3)15-21(14-18)32-4)26(29-28-16)22-7-5-6-8-23(22)27/h5-15H,1-4H3. The molecule has 0 amide bonds. The second-order valence-corrected chi connectivity index (χ2v) is 7.19. The molecular weight excluding hydrogens is 407 g/mol. The average molecular weight is 430 g/mol. The molecule has 32 heavy (non-hydrogen) atoms. The molecule has 0 atom stereocenters. The number of ether oxygens (including phenoxy) is 3. The van der Waals surface area contributed by atoms with Gasteiger partial charge in [-0.05, 0) is 54.4 Å². The number of rotatable bonds is 6. The van der Waals surface area contributed by atoms with Crippen molar-refractivity contribution >= 4 is 0 Å². The Morgan fingerprint density at radius 3 is 1.88 bits per heavy atom. The van der Waals surface area contributed by atoms with Crippen LogP contribution in [-0.2, 0) is 0 Å². The molecule has 0 N–H and O–H groups in total. The van der Waals surface area contributed by atoms with Gasteiger partial charge in [0.1, 0.15) is 28.8 Å². The van der Waals surface area contributed by atoms with Crippen LogP contribution in [0.1, 0.15) is 5.69 Å². The van der Waals surface area contributed by atoms with Gasteiger partial charge in [0.15, 0.2) is 0 Å². The van der Waals surface area contributed by atoms with Gasteiger partial charge >= 0.3 is 0 Å². The third kappa shape index (κ3) is 3.99. The molecule has 4 aromatic rings. The zero-order valence-electron chi connectivity index (χ0n) is 18.3. The van der Waals surface area contributed by atoms with Crippen LogP contribution in [0.2, 0.25) is 0 Å². The van der Waals surface area contributed by atoms with Gasteiger partial charge < -0.3 is 14.2 Å². The molecule has 0 spiro atoms. The molecule has 1 aromatic heterocycles. The van der Waals surface area contributed by atoms with Gasteiger partial charge in [0, 0.05) is 22.8 Å². The van der Waals surface area contributed by atoms with Crippen LogP contribution < -0.4 is 14.2 Å². The fourth-order valence-electron chi connectivity index (χ4n) is 3.71. The minimum absolute atomic E-state index is 0.367. The number of halogens is 1. The summed E-state index contributed by atoms with van der Waals surface area (Å²) in [7, 11) is 4.81. The summed E-state index contributed by atoms with van der Waals surface area (Å²) in [5.41, 5.74) is 4.80. The van der Waals surface area contributed by atoms with Crippen LogP contribution in [0.25, 0.3) is 33.5 Å². The van der Waals surface area contributed by atoms with Gasteiger partial charge in [-0.25, -0.2) is 4.39 Å². The topological polar surface area (TPSA) is 53.5 Å². The molecule has 0 aliphatic heterocycles. The van der Waals surface area contributed by atoms with E-state index in [1.54, 1.807) is 45.6 Å². The summed E-state index contributed by atoms with van der Waals surface area (Å²) in [5, 5.41) is 8.80. The van der Waals surface area contributed by atoms with Crippen LogP contribution in [0, 0.1) is 12.7 Å². The molecule has 3 aromatic carbocycles. The van der Waals surface area contributed by atoms with E-state index in [0.717, 1.165) is 28.0 Å². The summed E-state index contributed by atoms with van der Waals surface area (Å²) >= 11 is 0. The van der Waals surface area contributed by atoms with Crippen LogP contribution in [0.4, 0.5) is 4.39 Å². The predicted molar refractivity (Wildman–Crippen MR) is 123 cm³/mol. The fourth-order valence-corrected chi connectivity index (χ4v) is 3.71. The Morgan fingerprint density at radius 1 is 0.656 bits per heavy atom. The van der Waals surface area contributed by atoms with Gasteiger partial charge in [-0.3, -0.25) is 0 Å². The molecule has 0 bridgehead atoms. The molecule has 0 aliphatic carbocycles. The van der Waals surface area contributed by atoms with Crippen LogP contribution in [0.5, 0.6) is 17.2 Å². The molecule has 0 aliphatic rings. The van der Waals surface area contributed by atoms with E-state index < -0.39 is 0 Å². The number of nitrogens with zero attached hydrogens (tertiary/aromatic N) is 2. The zero-order chi connectivity index (χ0) is 22.7. The zero-order valence-corrected chi connectivity index (χ0v) is 18.3. The molecule has 162 valence electrons. The quantitative estimate of drug-likeness (QED) is 0.378. The number of aryl methyl sites for hydroxylation is 1. The molecular formula is C26H23FN2O3. The van der Waals surface area contributed by atoms with E-state index in [0.29, 0.717) is 28.5 Å². The molecule has 5 nitrogen and oxygen atoms in total. The number of aromatic nitrogens is 2. The largest absolute Gasteiger partial charge is 0.497 e. The van der Waals surface area contributed by atoms with E-state index in [1.807, 2.05) is 43.3 Å². The van der Waals surface area contributed by atoms with Crippen molar-refractivity contribution in [2.75, 3.05) is 21.3 Å². The van der Waals surface area contributed by atoms with Crippen molar-refractivity contribution < 1.29 is 18.6 Å². The van der Waals surface area contributed by atoms with Crippen molar-refractivity contribution in [1.29, 1.82) is 0 Å². The van der Waals surface area contributed by atoms with Gasteiger partial charge in [0.2, 0.25) is 0 Å². The lowest BCUT2D eigenvalue weighted by atomic mass is 9.90. The lowest BCUT2D eigenvalue weighted by Crippen LogP contribution is -2.02. The van der Waals surface area contributed by atoms with Crippen molar-refractivity contribution in [3.63, 3.8) is 0 Å². The molecule has 0 unspecified atom stereocenters. The number of methoxy groups -OCH3 is 3. The monoisotopic (exact) mass is 430 g/mol. The summed E-state index contributed by atoms with van der Waals surface area (Å²) in [6, 6.07) is 19.8. The van der Waals surface area contributed by atoms with E-state index in [4.69, 9.17) is 14.2 Å². The first-order valence-electron chi connectivity index (χ1n) is 10.1. The van der Waals surface area contributed by atoms with Gasteiger partial charge in [0.05, 0.1) is 27.0 Å². The van der Waals surface area contributed by atoms with E-state index in [2.05, 4.69) is 10.2 Å². The third-order valence-electron chi connectivity index (χ3n) is 5.30. The highest BCUT2D eigenvalue weighted by Crippen LogP contribution is 2.43. The Hall–Kier alpha value is -3.93. The van der Waals surface area contributed by atoms with Crippen LogP contribution in [-0.4, -0.2) is 31.5 Å². The van der Waals surface area contributed by atoms with E-state index in [9.17, 15) is 4.39 Å². The van der Waals surface area contributed by atoms with E-state index >= 15 is 0 Å². The first-order chi connectivity index (χ1) is 15.5. The second kappa shape index (κ2) is 9.06. The summed E-state index contributed by atoms with van der Waals surface area (Å²) in [5.74, 6) is 1.61. The average Bonchev–Trinajstić information content (AvgIpc) is 2.84. The summed E-state index contributed by atoms with van der Waals surface area (Å²) in [6.45, 7) is 1.89. The van der Waals surface area contributed by atoms with Crippen LogP contribution in [0.15, 0.2) is 66.7 Å². The Bertz CT molecular complexity index is 1230. The minimum Gasteiger partial charge on any atom is -0.497 e. The van der Waals surface area contributed by atoms with Crippen LogP contribution >= 0.6 is 0 Å². The number of hydrogen-bond acceptors (Lipinski definition) is 5. The van der Waals surface area contributed by atoms with Crippen LogP contribution in [0.3, 0.4) is 0 Å². The first-order valence-corrected chi connectivity index (χ1v) is 10.1. The predicted octanol–water partition coefficient (Wildman–Crippen LogP) is 5.95. The Morgan fingerprint density at radius 2 is 1.28 bits per heavy atom. The normalized spacial score (nSPS) is 10.7. The Balaban J connectivity index is 2.09. The highest BCUT2D eigenvalue weighted by molar-refractivity contribution is 5.94. The van der Waals surface area contributed by atoms with Gasteiger partial charge in [-0.1, -0.05) is 24.3 Å². The maximum Gasteiger partial charge on any atom is 0.132 e. The molecule has 1 heterocycles. The number of hydrogen-bond donors (Lipinski definition) is 0. The Kier molecular flexibility index (Phi) is 6.03. The molecule has 4 rings (SSSR count). The van der Waals surface area contributed by atoms with E-state index in [1.165, 1.54) is 6.07 Å².